The minimum absolute atomic E-state index is 0.134. The summed E-state index contributed by atoms with van der Waals surface area (Å²) in [7, 11) is 0. The molecule has 0 unspecified atom stereocenters. The molecule has 0 aliphatic carbocycles. The maximum Gasteiger partial charge on any atom is 0.196 e. The SMILES string of the molecule is Cc1ccc(C(=O)c2cccc(C)c2C)c(F)c1. The first-order valence-corrected chi connectivity index (χ1v) is 5.88. The zero-order valence-corrected chi connectivity index (χ0v) is 10.8. The smallest absolute Gasteiger partial charge is 0.196 e. The van der Waals surface area contributed by atoms with Crippen molar-refractivity contribution >= 4 is 5.78 Å². The Hall–Kier alpha value is -1.96. The van der Waals surface area contributed by atoms with Crippen LogP contribution >= 0.6 is 0 Å². The molecule has 1 nitrogen and oxygen atoms in total. The van der Waals surface area contributed by atoms with E-state index in [2.05, 4.69) is 0 Å². The molecule has 0 spiro atoms. The van der Waals surface area contributed by atoms with Crippen LogP contribution in [0.3, 0.4) is 0 Å². The lowest BCUT2D eigenvalue weighted by Gasteiger charge is -2.08. The average Bonchev–Trinajstić information content (AvgIpc) is 2.32. The number of hydrogen-bond acceptors (Lipinski definition) is 1. The van der Waals surface area contributed by atoms with Gasteiger partial charge in [0.15, 0.2) is 5.78 Å². The maximum atomic E-state index is 13.8. The molecule has 0 atom stereocenters. The second-order valence-electron chi connectivity index (χ2n) is 4.56. The molecule has 0 bridgehead atoms. The molecule has 18 heavy (non-hydrogen) atoms. The van der Waals surface area contributed by atoms with Crippen molar-refractivity contribution in [2.75, 3.05) is 0 Å². The van der Waals surface area contributed by atoms with E-state index in [-0.39, 0.29) is 11.3 Å². The van der Waals surface area contributed by atoms with E-state index >= 15 is 0 Å². The zero-order chi connectivity index (χ0) is 13.3. The molecule has 92 valence electrons. The van der Waals surface area contributed by atoms with E-state index in [9.17, 15) is 9.18 Å². The highest BCUT2D eigenvalue weighted by Gasteiger charge is 2.16. The predicted molar refractivity (Wildman–Crippen MR) is 70.5 cm³/mol. The normalized spacial score (nSPS) is 10.4. The van der Waals surface area contributed by atoms with Crippen molar-refractivity contribution in [2.24, 2.45) is 0 Å². The van der Waals surface area contributed by atoms with E-state index in [4.69, 9.17) is 0 Å². The third-order valence-corrected chi connectivity index (χ3v) is 3.22. The maximum absolute atomic E-state index is 13.8. The Bertz CT molecular complexity index is 614. The van der Waals surface area contributed by atoms with Gasteiger partial charge < -0.3 is 0 Å². The van der Waals surface area contributed by atoms with E-state index in [1.807, 2.05) is 26.0 Å². The Kier molecular flexibility index (Phi) is 3.28. The van der Waals surface area contributed by atoms with Gasteiger partial charge in [-0.25, -0.2) is 4.39 Å². The lowest BCUT2D eigenvalue weighted by Crippen LogP contribution is -2.07. The van der Waals surface area contributed by atoms with E-state index < -0.39 is 5.82 Å². The first-order chi connectivity index (χ1) is 8.50. The van der Waals surface area contributed by atoms with Crippen LogP contribution in [-0.4, -0.2) is 5.78 Å². The molecule has 2 aromatic carbocycles. The number of halogens is 1. The van der Waals surface area contributed by atoms with E-state index in [0.717, 1.165) is 16.7 Å². The fraction of sp³-hybridized carbons (Fsp3) is 0.188. The van der Waals surface area contributed by atoms with Crippen molar-refractivity contribution in [2.45, 2.75) is 20.8 Å². The van der Waals surface area contributed by atoms with Gasteiger partial charge in [-0.2, -0.15) is 0 Å². The number of carbonyl (C=O) groups is 1. The number of aryl methyl sites for hydroxylation is 2. The Morgan fingerprint density at radius 1 is 1.00 bits per heavy atom. The standard InChI is InChI=1S/C16H15FO/c1-10-7-8-14(15(17)9-10)16(18)13-6-4-5-11(2)12(13)3/h4-9H,1-3H3. The van der Waals surface area contributed by atoms with Crippen LogP contribution in [0.25, 0.3) is 0 Å². The summed E-state index contributed by atoms with van der Waals surface area (Å²) >= 11 is 0. The predicted octanol–water partition coefficient (Wildman–Crippen LogP) is 3.98. The molecule has 0 N–H and O–H groups in total. The zero-order valence-electron chi connectivity index (χ0n) is 10.8. The van der Waals surface area contributed by atoms with Crippen molar-refractivity contribution in [3.05, 3.63) is 70.0 Å². The third-order valence-electron chi connectivity index (χ3n) is 3.22. The van der Waals surface area contributed by atoms with E-state index in [0.29, 0.717) is 5.56 Å². The van der Waals surface area contributed by atoms with Crippen LogP contribution in [0, 0.1) is 26.6 Å². The van der Waals surface area contributed by atoms with Crippen LogP contribution in [0.1, 0.15) is 32.6 Å². The Balaban J connectivity index is 2.51. The largest absolute Gasteiger partial charge is 0.288 e. The molecule has 2 aromatic rings. The molecule has 2 heteroatoms. The minimum atomic E-state index is -0.457. The first kappa shape index (κ1) is 12.5. The molecule has 0 aliphatic heterocycles. The summed E-state index contributed by atoms with van der Waals surface area (Å²) in [6.07, 6.45) is 0. The Labute approximate surface area is 106 Å². The van der Waals surface area contributed by atoms with Gasteiger partial charge >= 0.3 is 0 Å². The van der Waals surface area contributed by atoms with Crippen LogP contribution in [-0.2, 0) is 0 Å². The summed E-state index contributed by atoms with van der Waals surface area (Å²) < 4.78 is 13.8. The molecule has 0 radical (unpaired) electrons. The van der Waals surface area contributed by atoms with Gasteiger partial charge in [0, 0.05) is 5.56 Å². The van der Waals surface area contributed by atoms with Gasteiger partial charge in [0.25, 0.3) is 0 Å². The van der Waals surface area contributed by atoms with Crippen LogP contribution in [0.5, 0.6) is 0 Å². The van der Waals surface area contributed by atoms with Crippen molar-refractivity contribution in [1.29, 1.82) is 0 Å². The number of hydrogen-bond donors (Lipinski definition) is 0. The van der Waals surface area contributed by atoms with E-state index in [1.54, 1.807) is 25.1 Å². The van der Waals surface area contributed by atoms with Crippen LogP contribution < -0.4 is 0 Å². The molecule has 0 fully saturated rings. The van der Waals surface area contributed by atoms with Gasteiger partial charge in [-0.1, -0.05) is 24.3 Å². The van der Waals surface area contributed by atoms with Gasteiger partial charge in [-0.15, -0.1) is 0 Å². The summed E-state index contributed by atoms with van der Waals surface area (Å²) in [5.74, 6) is -0.713. The molecule has 2 rings (SSSR count). The van der Waals surface area contributed by atoms with Gasteiger partial charge in [0.2, 0.25) is 0 Å². The Morgan fingerprint density at radius 2 is 1.72 bits per heavy atom. The van der Waals surface area contributed by atoms with Gasteiger partial charge in [-0.05, 0) is 49.6 Å². The lowest BCUT2D eigenvalue weighted by molar-refractivity contribution is 0.103. The summed E-state index contributed by atoms with van der Waals surface area (Å²) in [6, 6.07) is 10.2. The topological polar surface area (TPSA) is 17.1 Å². The quantitative estimate of drug-likeness (QED) is 0.728. The average molecular weight is 242 g/mol. The van der Waals surface area contributed by atoms with Gasteiger partial charge in [0.05, 0.1) is 5.56 Å². The summed E-state index contributed by atoms with van der Waals surface area (Å²) in [6.45, 7) is 5.63. The number of rotatable bonds is 2. The summed E-state index contributed by atoms with van der Waals surface area (Å²) in [4.78, 5) is 12.3. The summed E-state index contributed by atoms with van der Waals surface area (Å²) in [5.41, 5.74) is 3.45. The highest BCUT2D eigenvalue weighted by molar-refractivity contribution is 6.10. The second-order valence-corrected chi connectivity index (χ2v) is 4.56. The number of benzene rings is 2. The van der Waals surface area contributed by atoms with Crippen LogP contribution in [0.15, 0.2) is 36.4 Å². The highest BCUT2D eigenvalue weighted by atomic mass is 19.1. The number of ketones is 1. The molecular weight excluding hydrogens is 227 g/mol. The van der Waals surface area contributed by atoms with Crippen LogP contribution in [0.4, 0.5) is 4.39 Å². The van der Waals surface area contributed by atoms with Crippen molar-refractivity contribution in [1.82, 2.24) is 0 Å². The van der Waals surface area contributed by atoms with Crippen molar-refractivity contribution < 1.29 is 9.18 Å². The molecule has 0 amide bonds. The molecule has 0 aliphatic rings. The van der Waals surface area contributed by atoms with Crippen LogP contribution in [0.2, 0.25) is 0 Å². The molecule has 0 heterocycles. The molecule has 0 saturated carbocycles. The van der Waals surface area contributed by atoms with E-state index in [1.165, 1.54) is 6.07 Å². The first-order valence-electron chi connectivity index (χ1n) is 5.88. The minimum Gasteiger partial charge on any atom is -0.288 e. The monoisotopic (exact) mass is 242 g/mol. The Morgan fingerprint density at radius 3 is 2.39 bits per heavy atom. The number of carbonyl (C=O) groups excluding carboxylic acids is 1. The summed E-state index contributed by atoms with van der Waals surface area (Å²) in [5, 5.41) is 0. The second kappa shape index (κ2) is 4.73. The fourth-order valence-corrected chi connectivity index (χ4v) is 1.95. The third kappa shape index (κ3) is 2.19. The lowest BCUT2D eigenvalue weighted by atomic mass is 9.95. The molecule has 0 aromatic heterocycles. The molecular formula is C16H15FO. The van der Waals surface area contributed by atoms with Gasteiger partial charge in [-0.3, -0.25) is 4.79 Å². The van der Waals surface area contributed by atoms with Crippen molar-refractivity contribution in [3.63, 3.8) is 0 Å². The van der Waals surface area contributed by atoms with Gasteiger partial charge in [0.1, 0.15) is 5.82 Å². The molecule has 0 saturated heterocycles. The van der Waals surface area contributed by atoms with Crippen molar-refractivity contribution in [3.8, 4) is 0 Å². The fourth-order valence-electron chi connectivity index (χ4n) is 1.95. The highest BCUT2D eigenvalue weighted by Crippen LogP contribution is 2.19.